The third-order valence-electron chi connectivity index (χ3n) is 6.65. The van der Waals surface area contributed by atoms with Crippen molar-refractivity contribution in [2.24, 2.45) is 5.73 Å². The van der Waals surface area contributed by atoms with Gasteiger partial charge in [-0.1, -0.05) is 78.9 Å². The van der Waals surface area contributed by atoms with E-state index in [2.05, 4.69) is 0 Å². The Morgan fingerprint density at radius 3 is 1.76 bits per heavy atom. The van der Waals surface area contributed by atoms with Crippen LogP contribution in [0.5, 0.6) is 0 Å². The standard InChI is InChI=1S/C32H29F3N2O3.ClH/c1-40-31(39)29(21-22-7-9-24(10-8-22)23-5-3-2-4-6-23)37(20-19-36)30(38)27-13-11-25(12-14-27)26-15-17-28(18-16-26)32(33,34)35;/h2-18,29H,19-21,36H2,1H3;1H/t29-;/m0./s1. The Kier molecular flexibility index (Phi) is 10.7. The molecule has 0 aromatic heterocycles. The molecule has 0 aliphatic heterocycles. The lowest BCUT2D eigenvalue weighted by molar-refractivity contribution is -0.146. The van der Waals surface area contributed by atoms with Gasteiger partial charge < -0.3 is 15.4 Å². The molecule has 9 heteroatoms. The Labute approximate surface area is 243 Å². The maximum Gasteiger partial charge on any atom is 0.416 e. The second kappa shape index (κ2) is 14.0. The van der Waals surface area contributed by atoms with Crippen LogP contribution in [0.25, 0.3) is 22.3 Å². The molecule has 1 atom stereocenters. The monoisotopic (exact) mass is 582 g/mol. The van der Waals surface area contributed by atoms with Crippen LogP contribution in [0.2, 0.25) is 0 Å². The number of alkyl halides is 3. The van der Waals surface area contributed by atoms with Crippen LogP contribution in [0.4, 0.5) is 13.2 Å². The van der Waals surface area contributed by atoms with Crippen molar-refractivity contribution >= 4 is 24.3 Å². The highest BCUT2D eigenvalue weighted by atomic mass is 35.5. The van der Waals surface area contributed by atoms with E-state index in [0.29, 0.717) is 16.7 Å². The van der Waals surface area contributed by atoms with E-state index in [1.54, 1.807) is 24.3 Å². The smallest absolute Gasteiger partial charge is 0.416 e. The van der Waals surface area contributed by atoms with E-state index in [9.17, 15) is 22.8 Å². The number of methoxy groups -OCH3 is 1. The van der Waals surface area contributed by atoms with Gasteiger partial charge in [0.15, 0.2) is 0 Å². The van der Waals surface area contributed by atoms with Crippen molar-refractivity contribution in [2.45, 2.75) is 18.6 Å². The zero-order chi connectivity index (χ0) is 28.7. The number of nitrogens with two attached hydrogens (primary N) is 1. The summed E-state index contributed by atoms with van der Waals surface area (Å²) in [4.78, 5) is 27.8. The Morgan fingerprint density at radius 2 is 1.27 bits per heavy atom. The molecule has 0 unspecified atom stereocenters. The third-order valence-corrected chi connectivity index (χ3v) is 6.65. The van der Waals surface area contributed by atoms with Crippen molar-refractivity contribution in [3.63, 3.8) is 0 Å². The van der Waals surface area contributed by atoms with Crippen molar-refractivity contribution in [2.75, 3.05) is 20.2 Å². The van der Waals surface area contributed by atoms with Gasteiger partial charge in [0.25, 0.3) is 5.91 Å². The van der Waals surface area contributed by atoms with Gasteiger partial charge in [0.05, 0.1) is 12.7 Å². The highest BCUT2D eigenvalue weighted by Crippen LogP contribution is 2.31. The number of hydrogen-bond donors (Lipinski definition) is 1. The van der Waals surface area contributed by atoms with Crippen LogP contribution >= 0.6 is 12.4 Å². The molecule has 0 saturated heterocycles. The lowest BCUT2D eigenvalue weighted by Crippen LogP contribution is -2.49. The number of carbonyl (C=O) groups excluding carboxylic acids is 2. The van der Waals surface area contributed by atoms with E-state index in [-0.39, 0.29) is 31.9 Å². The van der Waals surface area contributed by atoms with Gasteiger partial charge in [-0.15, -0.1) is 12.4 Å². The van der Waals surface area contributed by atoms with Crippen molar-refractivity contribution in [1.82, 2.24) is 4.90 Å². The highest BCUT2D eigenvalue weighted by Gasteiger charge is 2.32. The maximum atomic E-state index is 13.6. The number of halogens is 4. The summed E-state index contributed by atoms with van der Waals surface area (Å²) in [6, 6.07) is 28.1. The maximum absolute atomic E-state index is 13.6. The van der Waals surface area contributed by atoms with Crippen LogP contribution in [-0.2, 0) is 22.1 Å². The van der Waals surface area contributed by atoms with E-state index in [1.165, 1.54) is 24.1 Å². The molecule has 41 heavy (non-hydrogen) atoms. The fourth-order valence-corrected chi connectivity index (χ4v) is 4.50. The fraction of sp³-hybridized carbons (Fsp3) is 0.188. The minimum atomic E-state index is -4.42. The quantitative estimate of drug-likeness (QED) is 0.224. The number of esters is 1. The van der Waals surface area contributed by atoms with Crippen molar-refractivity contribution < 1.29 is 27.5 Å². The summed E-state index contributed by atoms with van der Waals surface area (Å²) in [5.74, 6) is -0.962. The molecule has 4 aromatic carbocycles. The molecule has 0 spiro atoms. The Balaban J connectivity index is 0.00000462. The number of carbonyl (C=O) groups is 2. The van der Waals surface area contributed by atoms with Gasteiger partial charge in [-0.25, -0.2) is 4.79 Å². The highest BCUT2D eigenvalue weighted by molar-refractivity contribution is 5.97. The van der Waals surface area contributed by atoms with Crippen molar-refractivity contribution in [3.8, 4) is 22.3 Å². The average molecular weight is 583 g/mol. The first-order valence-corrected chi connectivity index (χ1v) is 12.7. The number of amides is 1. The minimum absolute atomic E-state index is 0. The molecule has 0 heterocycles. The first-order valence-electron chi connectivity index (χ1n) is 12.7. The molecule has 0 bridgehead atoms. The number of ether oxygens (including phenoxy) is 1. The van der Waals surface area contributed by atoms with Crippen LogP contribution in [0.1, 0.15) is 21.5 Å². The van der Waals surface area contributed by atoms with Gasteiger partial charge in [0.1, 0.15) is 6.04 Å². The Bertz CT molecular complexity index is 1430. The number of nitrogens with zero attached hydrogens (tertiary/aromatic N) is 1. The number of hydrogen-bond acceptors (Lipinski definition) is 4. The summed E-state index contributed by atoms with van der Waals surface area (Å²) in [5.41, 5.74) is 9.58. The predicted octanol–water partition coefficient (Wildman–Crippen LogP) is 6.65. The lowest BCUT2D eigenvalue weighted by atomic mass is 9.99. The molecule has 0 saturated carbocycles. The second-order valence-electron chi connectivity index (χ2n) is 9.25. The SMILES string of the molecule is COC(=O)[C@H](Cc1ccc(-c2ccccc2)cc1)N(CCN)C(=O)c1ccc(-c2ccc(C(F)(F)F)cc2)cc1.Cl. The molecule has 5 nitrogen and oxygen atoms in total. The summed E-state index contributed by atoms with van der Waals surface area (Å²) < 4.78 is 43.7. The van der Waals surface area contributed by atoms with Gasteiger partial charge in [0.2, 0.25) is 0 Å². The fourth-order valence-electron chi connectivity index (χ4n) is 4.50. The summed E-state index contributed by atoms with van der Waals surface area (Å²) in [7, 11) is 1.28. The summed E-state index contributed by atoms with van der Waals surface area (Å²) in [6.45, 7) is 0.261. The molecule has 0 aliphatic rings. The molecule has 2 N–H and O–H groups in total. The first kappa shape index (κ1) is 31.4. The normalized spacial score (nSPS) is 11.7. The van der Waals surface area contributed by atoms with Gasteiger partial charge in [-0.05, 0) is 52.1 Å². The minimum Gasteiger partial charge on any atom is -0.467 e. The number of benzene rings is 4. The van der Waals surface area contributed by atoms with Gasteiger partial charge in [-0.2, -0.15) is 13.2 Å². The second-order valence-corrected chi connectivity index (χ2v) is 9.25. The van der Waals surface area contributed by atoms with Gasteiger partial charge in [-0.3, -0.25) is 4.79 Å². The molecule has 0 radical (unpaired) electrons. The summed E-state index contributed by atoms with van der Waals surface area (Å²) in [5, 5.41) is 0. The average Bonchev–Trinajstić information content (AvgIpc) is 2.98. The van der Waals surface area contributed by atoms with E-state index in [0.717, 1.165) is 28.8 Å². The molecule has 1 amide bonds. The molecular weight excluding hydrogens is 553 g/mol. The Morgan fingerprint density at radius 1 is 0.780 bits per heavy atom. The molecular formula is C32H30ClF3N2O3. The first-order chi connectivity index (χ1) is 19.2. The zero-order valence-electron chi connectivity index (χ0n) is 22.3. The van der Waals surface area contributed by atoms with Gasteiger partial charge >= 0.3 is 12.1 Å². The Hall–Kier alpha value is -4.14. The summed E-state index contributed by atoms with van der Waals surface area (Å²) in [6.07, 6.45) is -4.18. The number of rotatable bonds is 9. The van der Waals surface area contributed by atoms with Crippen molar-refractivity contribution in [3.05, 3.63) is 120 Å². The van der Waals surface area contributed by atoms with Crippen LogP contribution in [0.3, 0.4) is 0 Å². The van der Waals surface area contributed by atoms with Crippen LogP contribution < -0.4 is 5.73 Å². The van der Waals surface area contributed by atoms with E-state index in [1.807, 2.05) is 54.6 Å². The largest absolute Gasteiger partial charge is 0.467 e. The molecule has 0 fully saturated rings. The van der Waals surface area contributed by atoms with E-state index in [4.69, 9.17) is 10.5 Å². The van der Waals surface area contributed by atoms with Crippen LogP contribution in [0.15, 0.2) is 103 Å². The topological polar surface area (TPSA) is 72.6 Å². The lowest BCUT2D eigenvalue weighted by Gasteiger charge is -2.30. The van der Waals surface area contributed by atoms with Crippen molar-refractivity contribution in [1.29, 1.82) is 0 Å². The van der Waals surface area contributed by atoms with E-state index < -0.39 is 29.7 Å². The predicted molar refractivity (Wildman–Crippen MR) is 156 cm³/mol. The van der Waals surface area contributed by atoms with Crippen LogP contribution in [0, 0.1) is 0 Å². The van der Waals surface area contributed by atoms with Crippen LogP contribution in [-0.4, -0.2) is 43.0 Å². The summed E-state index contributed by atoms with van der Waals surface area (Å²) >= 11 is 0. The molecule has 214 valence electrons. The molecule has 0 aliphatic carbocycles. The molecule has 4 rings (SSSR count). The molecule has 4 aromatic rings. The van der Waals surface area contributed by atoms with E-state index >= 15 is 0 Å². The third kappa shape index (κ3) is 7.74. The zero-order valence-corrected chi connectivity index (χ0v) is 23.1. The van der Waals surface area contributed by atoms with Gasteiger partial charge in [0, 0.05) is 25.1 Å².